The van der Waals surface area contributed by atoms with Crippen molar-refractivity contribution in [1.82, 2.24) is 20.9 Å². The number of hydrogen-bond acceptors (Lipinski definition) is 8. The van der Waals surface area contributed by atoms with Gasteiger partial charge in [-0.2, -0.15) is 4.58 Å². The van der Waals surface area contributed by atoms with Gasteiger partial charge in [0.1, 0.15) is 10.7 Å². The molecule has 0 aliphatic carbocycles. The maximum absolute atomic E-state index is 13.6. The van der Waals surface area contributed by atoms with Gasteiger partial charge in [0.15, 0.2) is 11.7 Å². The number of fused-ring (bicyclic) bond motifs is 6. The molecule has 0 spiro atoms. The van der Waals surface area contributed by atoms with Crippen LogP contribution < -0.4 is 16.0 Å². The van der Waals surface area contributed by atoms with Crippen LogP contribution in [-0.4, -0.2) is 88.4 Å². The number of ether oxygens (including phenoxy) is 1. The van der Waals surface area contributed by atoms with E-state index in [1.807, 2.05) is 23.1 Å². The number of carbonyl (C=O) groups is 2. The predicted molar refractivity (Wildman–Crippen MR) is 147 cm³/mol. The monoisotopic (exact) mass is 541 g/mol. The van der Waals surface area contributed by atoms with E-state index in [1.54, 1.807) is 19.2 Å². The van der Waals surface area contributed by atoms with Crippen LogP contribution in [-0.2, 0) is 9.53 Å². The van der Waals surface area contributed by atoms with Crippen molar-refractivity contribution in [3.63, 3.8) is 0 Å². The third kappa shape index (κ3) is 6.45. The van der Waals surface area contributed by atoms with Crippen LogP contribution in [0.5, 0.6) is 0 Å². The maximum Gasteiger partial charge on any atom is 0.318 e. The van der Waals surface area contributed by atoms with Crippen molar-refractivity contribution in [2.75, 3.05) is 26.3 Å². The fraction of sp³-hybridized carbons (Fsp3) is 0.593. The van der Waals surface area contributed by atoms with Crippen molar-refractivity contribution < 1.29 is 24.0 Å². The number of aliphatic imine (C=N–C) groups is 1. The van der Waals surface area contributed by atoms with Gasteiger partial charge in [-0.1, -0.05) is 0 Å². The van der Waals surface area contributed by atoms with Crippen molar-refractivity contribution in [1.29, 1.82) is 0 Å². The Hall–Kier alpha value is -2.73. The van der Waals surface area contributed by atoms with Crippen molar-refractivity contribution in [2.45, 2.75) is 76.1 Å². The molecule has 204 valence electrons. The lowest BCUT2D eigenvalue weighted by Gasteiger charge is -2.28. The number of nitrogens with zero attached hydrogens (tertiary/aromatic N) is 3. The third-order valence-corrected chi connectivity index (χ3v) is 8.15. The summed E-state index contributed by atoms with van der Waals surface area (Å²) >= 11 is 1.45. The molecule has 4 bridgehead atoms. The summed E-state index contributed by atoms with van der Waals surface area (Å²) in [5.41, 5.74) is 1.40. The van der Waals surface area contributed by atoms with Gasteiger partial charge in [0.05, 0.1) is 24.9 Å². The van der Waals surface area contributed by atoms with Gasteiger partial charge in [-0.3, -0.25) is 14.6 Å². The van der Waals surface area contributed by atoms with Crippen LogP contribution in [0.4, 0.5) is 0 Å². The highest BCUT2D eigenvalue weighted by atomic mass is 32.1. The SMILES string of the molecule is CC(C)(O)CC1CNCCCC2CC(=CC=N2)c2nc(cs2)C(=O)NC2=C[N+](C3CCOCC3)=C2C(=O)N1. The van der Waals surface area contributed by atoms with E-state index in [1.165, 1.54) is 11.3 Å². The van der Waals surface area contributed by atoms with Crippen LogP contribution in [0.15, 0.2) is 28.3 Å². The lowest BCUT2D eigenvalue weighted by atomic mass is 9.98. The lowest BCUT2D eigenvalue weighted by molar-refractivity contribution is -0.517. The first-order valence-electron chi connectivity index (χ1n) is 13.5. The molecule has 1 saturated heterocycles. The first kappa shape index (κ1) is 26.9. The number of aliphatic hydroxyl groups is 1. The Morgan fingerprint density at radius 3 is 2.82 bits per heavy atom. The minimum atomic E-state index is -0.948. The Morgan fingerprint density at radius 2 is 2.03 bits per heavy atom. The van der Waals surface area contributed by atoms with E-state index in [4.69, 9.17) is 4.74 Å². The number of amides is 2. The molecule has 4 N–H and O–H groups in total. The summed E-state index contributed by atoms with van der Waals surface area (Å²) in [5, 5.41) is 22.6. The quantitative estimate of drug-likeness (QED) is 0.431. The van der Waals surface area contributed by atoms with Gasteiger partial charge in [-0.05, 0) is 57.7 Å². The number of allylic oxidation sites excluding steroid dienone is 1. The highest BCUT2D eigenvalue weighted by Crippen LogP contribution is 2.28. The largest absolute Gasteiger partial charge is 0.390 e. The summed E-state index contributed by atoms with van der Waals surface area (Å²) in [7, 11) is 0. The summed E-state index contributed by atoms with van der Waals surface area (Å²) in [4.78, 5) is 36.0. The normalized spacial score (nSPS) is 25.8. The number of hydrogen-bond donors (Lipinski definition) is 4. The average molecular weight is 542 g/mol. The van der Waals surface area contributed by atoms with E-state index in [0.717, 1.165) is 49.2 Å². The van der Waals surface area contributed by atoms with Crippen molar-refractivity contribution >= 4 is 40.7 Å². The molecule has 10 nitrogen and oxygen atoms in total. The molecule has 38 heavy (non-hydrogen) atoms. The van der Waals surface area contributed by atoms with E-state index in [9.17, 15) is 14.7 Å². The van der Waals surface area contributed by atoms with Crippen LogP contribution in [0, 0.1) is 0 Å². The van der Waals surface area contributed by atoms with Crippen molar-refractivity contribution in [2.24, 2.45) is 4.99 Å². The predicted octanol–water partition coefficient (Wildman–Crippen LogP) is 1.62. The summed E-state index contributed by atoms with van der Waals surface area (Å²) < 4.78 is 7.47. The minimum absolute atomic E-state index is 0.132. The van der Waals surface area contributed by atoms with Crippen LogP contribution >= 0.6 is 11.3 Å². The molecule has 2 atom stereocenters. The molecule has 5 heterocycles. The van der Waals surface area contributed by atoms with E-state index in [2.05, 4.69) is 25.9 Å². The second-order valence-corrected chi connectivity index (χ2v) is 11.9. The number of dihydropyridines is 1. The molecule has 0 radical (unpaired) electrons. The van der Waals surface area contributed by atoms with Gasteiger partial charge in [0, 0.05) is 37.0 Å². The molecular formula is C27H37N6O4S+. The molecule has 1 aromatic heterocycles. The molecule has 0 aromatic carbocycles. The number of nitrogens with one attached hydrogen (secondary N) is 3. The first-order valence-corrected chi connectivity index (χ1v) is 14.3. The average Bonchev–Trinajstić information content (AvgIpc) is 3.36. The van der Waals surface area contributed by atoms with E-state index in [-0.39, 0.29) is 29.9 Å². The maximum atomic E-state index is 13.6. The zero-order valence-corrected chi connectivity index (χ0v) is 22.9. The molecule has 1 aromatic rings. The third-order valence-electron chi connectivity index (χ3n) is 7.23. The van der Waals surface area contributed by atoms with Crippen LogP contribution in [0.25, 0.3) is 5.57 Å². The molecular weight excluding hydrogens is 504 g/mol. The van der Waals surface area contributed by atoms with Crippen molar-refractivity contribution in [3.05, 3.63) is 34.1 Å². The van der Waals surface area contributed by atoms with Crippen LogP contribution in [0.1, 0.15) is 67.9 Å². The van der Waals surface area contributed by atoms with Gasteiger partial charge in [0.25, 0.3) is 5.91 Å². The molecule has 4 aliphatic heterocycles. The number of aromatic nitrogens is 1. The van der Waals surface area contributed by atoms with Gasteiger partial charge in [0.2, 0.25) is 6.20 Å². The summed E-state index contributed by atoms with van der Waals surface area (Å²) in [6.07, 6.45) is 10.3. The highest BCUT2D eigenvalue weighted by Gasteiger charge is 2.43. The number of rotatable bonds is 3. The first-order chi connectivity index (χ1) is 18.3. The van der Waals surface area contributed by atoms with E-state index < -0.39 is 5.60 Å². The standard InChI is InChI=1S/C27H36N6O4S/c1-27(2,36)13-19-14-28-8-3-4-18-12-17(5-9-29-18)26-32-22(16-38-26)24(34)31-21-15-33(23(21)25(35)30-19)20-6-10-37-11-7-20/h5,9,15-16,18-20,28,36H,3-4,6-8,10-14H2,1-2H3,(H-,30,31,34,35)/p+1. The second-order valence-electron chi connectivity index (χ2n) is 11.0. The Bertz CT molecular complexity index is 1190. The topological polar surface area (TPSA) is 128 Å². The minimum Gasteiger partial charge on any atom is -0.390 e. The smallest absolute Gasteiger partial charge is 0.318 e. The van der Waals surface area contributed by atoms with E-state index >= 15 is 0 Å². The van der Waals surface area contributed by atoms with Crippen LogP contribution in [0.2, 0.25) is 0 Å². The summed E-state index contributed by atoms with van der Waals surface area (Å²) in [6, 6.07) is 0.0242. The fourth-order valence-corrected chi connectivity index (χ4v) is 6.20. The molecule has 2 unspecified atom stereocenters. The number of thiazole rings is 1. The Morgan fingerprint density at radius 1 is 1.21 bits per heavy atom. The Labute approximate surface area is 227 Å². The molecule has 5 rings (SSSR count). The zero-order chi connectivity index (χ0) is 26.7. The van der Waals surface area contributed by atoms with Crippen LogP contribution in [0.3, 0.4) is 0 Å². The van der Waals surface area contributed by atoms with Gasteiger partial charge in [-0.25, -0.2) is 4.98 Å². The van der Waals surface area contributed by atoms with Gasteiger partial charge >= 0.3 is 11.6 Å². The molecule has 11 heteroatoms. The fourth-order valence-electron chi connectivity index (χ4n) is 5.37. The Kier molecular flexibility index (Phi) is 8.18. The summed E-state index contributed by atoms with van der Waals surface area (Å²) in [5.74, 6) is -0.604. The molecule has 0 saturated carbocycles. The second kappa shape index (κ2) is 11.6. The van der Waals surface area contributed by atoms with Gasteiger partial charge < -0.3 is 25.8 Å². The molecule has 1 fully saturated rings. The highest BCUT2D eigenvalue weighted by molar-refractivity contribution is 7.11. The molecule has 4 aliphatic rings. The molecule has 2 amide bonds. The lowest BCUT2D eigenvalue weighted by Crippen LogP contribution is -2.54. The van der Waals surface area contributed by atoms with Crippen molar-refractivity contribution in [3.8, 4) is 0 Å². The Balaban J connectivity index is 1.42. The van der Waals surface area contributed by atoms with Gasteiger partial charge in [-0.15, -0.1) is 11.3 Å². The zero-order valence-electron chi connectivity index (χ0n) is 22.0. The van der Waals surface area contributed by atoms with E-state index in [0.29, 0.717) is 43.3 Å². The summed E-state index contributed by atoms with van der Waals surface area (Å²) in [6.45, 7) is 6.09. The number of carbonyl (C=O) groups excluding carboxylic acids is 2.